The van der Waals surface area contributed by atoms with E-state index in [-0.39, 0.29) is 29.4 Å². The largest absolute Gasteiger partial charge is 0.363 e. The highest BCUT2D eigenvalue weighted by molar-refractivity contribution is 6.37. The van der Waals surface area contributed by atoms with Gasteiger partial charge in [-0.25, -0.2) is 4.79 Å². The Labute approximate surface area is 263 Å². The molecule has 0 bridgehead atoms. The van der Waals surface area contributed by atoms with Gasteiger partial charge in [0, 0.05) is 13.0 Å². The fourth-order valence-electron chi connectivity index (χ4n) is 6.05. The Bertz CT molecular complexity index is 1030. The highest BCUT2D eigenvalue weighted by Crippen LogP contribution is 2.31. The SMILES string of the molecule is CC(C)CC(=O)[C@@H](NC(=O)N[C@H]1CCCCCCN([C@@H](CC(C)C)C(=O)NC(CC2CCC2)C(=O)C(N)=O)C1=O)C(C)(C)C. The van der Waals surface area contributed by atoms with Crippen molar-refractivity contribution in [3.05, 3.63) is 0 Å². The van der Waals surface area contributed by atoms with Gasteiger partial charge in [-0.2, -0.15) is 0 Å². The number of urea groups is 1. The fourth-order valence-corrected chi connectivity index (χ4v) is 6.05. The number of hydrogen-bond acceptors (Lipinski definition) is 6. The minimum Gasteiger partial charge on any atom is -0.363 e. The molecule has 0 spiro atoms. The van der Waals surface area contributed by atoms with Crippen molar-refractivity contribution in [3.63, 3.8) is 0 Å². The molecule has 1 aliphatic carbocycles. The maximum absolute atomic E-state index is 14.1. The third-order valence-corrected chi connectivity index (χ3v) is 8.64. The summed E-state index contributed by atoms with van der Waals surface area (Å²) >= 11 is 0. The van der Waals surface area contributed by atoms with Crippen molar-refractivity contribution in [2.24, 2.45) is 28.9 Å². The monoisotopic (exact) mass is 619 g/mol. The molecule has 4 atom stereocenters. The number of ketones is 2. The number of rotatable bonds is 14. The summed E-state index contributed by atoms with van der Waals surface area (Å²) in [5.74, 6) is -2.46. The maximum atomic E-state index is 14.1. The Kier molecular flexibility index (Phi) is 14.3. The Morgan fingerprint density at radius 1 is 0.886 bits per heavy atom. The molecule has 5 amide bonds. The summed E-state index contributed by atoms with van der Waals surface area (Å²) < 4.78 is 0. The average molecular weight is 620 g/mol. The smallest absolute Gasteiger partial charge is 0.316 e. The van der Waals surface area contributed by atoms with Gasteiger partial charge in [0.1, 0.15) is 12.1 Å². The van der Waals surface area contributed by atoms with Crippen LogP contribution in [-0.4, -0.2) is 70.9 Å². The summed E-state index contributed by atoms with van der Waals surface area (Å²) in [5.41, 5.74) is 4.79. The van der Waals surface area contributed by atoms with E-state index >= 15 is 0 Å². The standard InChI is InChI=1S/C33H57N5O6/c1-20(2)17-25(30(42)35-24(27(40)29(34)41)19-22-13-12-14-22)38-16-11-9-8-10-15-23(31(38)43)36-32(44)37-28(33(5,6)7)26(39)18-21(3)4/h20-25,28H,8-19H2,1-7H3,(H2,34,41)(H,35,42)(H2,36,37,44)/t23-,24?,25-,28+/m0/s1. The van der Waals surface area contributed by atoms with Crippen LogP contribution in [-0.2, 0) is 24.0 Å². The van der Waals surface area contributed by atoms with Gasteiger partial charge in [-0.05, 0) is 48.9 Å². The molecule has 1 saturated heterocycles. The van der Waals surface area contributed by atoms with Crippen LogP contribution >= 0.6 is 0 Å². The van der Waals surface area contributed by atoms with E-state index < -0.39 is 53.2 Å². The van der Waals surface area contributed by atoms with E-state index in [1.54, 1.807) is 0 Å². The number of nitrogens with one attached hydrogen (secondary N) is 3. The molecule has 0 aromatic heterocycles. The third kappa shape index (κ3) is 11.5. The minimum absolute atomic E-state index is 0.0392. The molecule has 0 aromatic carbocycles. The summed E-state index contributed by atoms with van der Waals surface area (Å²) in [5, 5.41) is 8.43. The minimum atomic E-state index is -1.09. The first-order chi connectivity index (χ1) is 20.5. The maximum Gasteiger partial charge on any atom is 0.316 e. The molecule has 1 heterocycles. The molecular formula is C33H57N5O6. The van der Waals surface area contributed by atoms with Crippen LogP contribution in [0.1, 0.15) is 119 Å². The molecule has 5 N–H and O–H groups in total. The fraction of sp³-hybridized carbons (Fsp3) is 0.818. The van der Waals surface area contributed by atoms with Crippen LogP contribution < -0.4 is 21.7 Å². The van der Waals surface area contributed by atoms with Gasteiger partial charge >= 0.3 is 6.03 Å². The van der Waals surface area contributed by atoms with Crippen LogP contribution in [0, 0.1) is 23.2 Å². The predicted molar refractivity (Wildman–Crippen MR) is 169 cm³/mol. The molecule has 11 nitrogen and oxygen atoms in total. The van der Waals surface area contributed by atoms with Gasteiger partial charge in [0.2, 0.25) is 17.6 Å². The van der Waals surface area contributed by atoms with Gasteiger partial charge in [0.15, 0.2) is 5.78 Å². The molecular weight excluding hydrogens is 562 g/mol. The highest BCUT2D eigenvalue weighted by atomic mass is 16.2. The number of nitrogens with two attached hydrogens (primary N) is 1. The van der Waals surface area contributed by atoms with Crippen molar-refractivity contribution < 1.29 is 28.8 Å². The van der Waals surface area contributed by atoms with E-state index in [2.05, 4.69) is 16.0 Å². The second-order valence-electron chi connectivity index (χ2n) is 14.7. The molecule has 0 radical (unpaired) electrons. The number of carbonyl (C=O) groups is 6. The normalized spacial score (nSPS) is 20.4. The summed E-state index contributed by atoms with van der Waals surface area (Å²) in [6.07, 6.45) is 7.42. The molecule has 2 rings (SSSR count). The van der Waals surface area contributed by atoms with Crippen LogP contribution in [0.4, 0.5) is 4.79 Å². The summed E-state index contributed by atoms with van der Waals surface area (Å²) in [7, 11) is 0. The van der Waals surface area contributed by atoms with Crippen molar-refractivity contribution in [2.75, 3.05) is 6.54 Å². The van der Waals surface area contributed by atoms with E-state index in [0.717, 1.165) is 38.5 Å². The Morgan fingerprint density at radius 2 is 1.52 bits per heavy atom. The molecule has 1 unspecified atom stereocenters. The lowest BCUT2D eigenvalue weighted by Gasteiger charge is -2.36. The third-order valence-electron chi connectivity index (χ3n) is 8.64. The second kappa shape index (κ2) is 16.9. The Balaban J connectivity index is 2.31. The van der Waals surface area contributed by atoms with E-state index in [1.807, 2.05) is 48.5 Å². The zero-order valence-corrected chi connectivity index (χ0v) is 28.0. The second-order valence-corrected chi connectivity index (χ2v) is 14.7. The van der Waals surface area contributed by atoms with Crippen molar-refractivity contribution in [1.82, 2.24) is 20.9 Å². The van der Waals surface area contributed by atoms with E-state index in [1.165, 1.54) is 4.90 Å². The molecule has 2 aliphatic rings. The quantitative estimate of drug-likeness (QED) is 0.217. The number of Topliss-reactive ketones (excluding diaryl/α,β-unsaturated/α-hetero) is 2. The van der Waals surface area contributed by atoms with Crippen molar-refractivity contribution in [3.8, 4) is 0 Å². The van der Waals surface area contributed by atoms with Gasteiger partial charge in [-0.1, -0.05) is 87.0 Å². The molecule has 250 valence electrons. The van der Waals surface area contributed by atoms with Gasteiger partial charge < -0.3 is 26.6 Å². The van der Waals surface area contributed by atoms with E-state index in [9.17, 15) is 28.8 Å². The zero-order chi connectivity index (χ0) is 33.2. The Hall–Kier alpha value is -2.98. The zero-order valence-electron chi connectivity index (χ0n) is 28.0. The first-order valence-electron chi connectivity index (χ1n) is 16.5. The van der Waals surface area contributed by atoms with Crippen LogP contribution in [0.3, 0.4) is 0 Å². The number of hydrogen-bond donors (Lipinski definition) is 4. The molecule has 0 aromatic rings. The predicted octanol–water partition coefficient (Wildman–Crippen LogP) is 3.62. The molecule has 2 fully saturated rings. The van der Waals surface area contributed by atoms with Crippen LogP contribution in [0.25, 0.3) is 0 Å². The van der Waals surface area contributed by atoms with E-state index in [0.29, 0.717) is 38.6 Å². The molecule has 1 saturated carbocycles. The molecule has 1 aliphatic heterocycles. The topological polar surface area (TPSA) is 168 Å². The first-order valence-corrected chi connectivity index (χ1v) is 16.5. The van der Waals surface area contributed by atoms with Crippen LogP contribution in [0.5, 0.6) is 0 Å². The lowest BCUT2D eigenvalue weighted by molar-refractivity contribution is -0.144. The lowest BCUT2D eigenvalue weighted by atomic mass is 9.80. The molecule has 44 heavy (non-hydrogen) atoms. The number of primary amides is 1. The van der Waals surface area contributed by atoms with Crippen molar-refractivity contribution in [2.45, 2.75) is 143 Å². The van der Waals surface area contributed by atoms with E-state index in [4.69, 9.17) is 5.73 Å². The van der Waals surface area contributed by atoms with Crippen molar-refractivity contribution >= 4 is 35.3 Å². The lowest BCUT2D eigenvalue weighted by Crippen LogP contribution is -2.60. The number of carbonyl (C=O) groups excluding carboxylic acids is 6. The average Bonchev–Trinajstić information content (AvgIpc) is 2.96. The van der Waals surface area contributed by atoms with Gasteiger partial charge in [-0.15, -0.1) is 0 Å². The Morgan fingerprint density at radius 3 is 2.05 bits per heavy atom. The van der Waals surface area contributed by atoms with Gasteiger partial charge in [0.25, 0.3) is 5.91 Å². The summed E-state index contributed by atoms with van der Waals surface area (Å²) in [6.45, 7) is 13.8. The van der Waals surface area contributed by atoms with Gasteiger partial charge in [0.05, 0.1) is 12.1 Å². The highest BCUT2D eigenvalue weighted by Gasteiger charge is 2.39. The molecule has 11 heteroatoms. The van der Waals surface area contributed by atoms with Crippen molar-refractivity contribution in [1.29, 1.82) is 0 Å². The first kappa shape index (κ1) is 37.2. The number of amides is 5. The van der Waals surface area contributed by atoms with Crippen LogP contribution in [0.2, 0.25) is 0 Å². The summed E-state index contributed by atoms with van der Waals surface area (Å²) in [6, 6.07) is -4.16. The van der Waals surface area contributed by atoms with Gasteiger partial charge in [-0.3, -0.25) is 24.0 Å². The number of nitrogens with zero attached hydrogens (tertiary/aromatic N) is 1. The van der Waals surface area contributed by atoms with Crippen LogP contribution in [0.15, 0.2) is 0 Å². The summed E-state index contributed by atoms with van der Waals surface area (Å²) in [4.78, 5) is 80.3.